The van der Waals surface area contributed by atoms with Gasteiger partial charge >= 0.3 is 5.97 Å². The summed E-state index contributed by atoms with van der Waals surface area (Å²) in [6, 6.07) is 3.59. The lowest BCUT2D eigenvalue weighted by Crippen LogP contribution is -2.23. The second-order valence-corrected chi connectivity index (χ2v) is 4.57. The van der Waals surface area contributed by atoms with Crippen molar-refractivity contribution in [1.29, 1.82) is 0 Å². The van der Waals surface area contributed by atoms with E-state index < -0.39 is 5.97 Å². The molecule has 4 nitrogen and oxygen atoms in total. The van der Waals surface area contributed by atoms with Crippen LogP contribution in [0.2, 0.25) is 0 Å². The molecule has 0 aromatic carbocycles. The van der Waals surface area contributed by atoms with E-state index in [-0.39, 0.29) is 12.3 Å². The molecule has 88 valence electrons. The maximum Gasteiger partial charge on any atom is 0.333 e. The molecule has 1 aliphatic rings. The number of nitrogens with zero attached hydrogens (tertiary/aromatic N) is 1. The molecule has 17 heavy (non-hydrogen) atoms. The number of carbonyl (C=O) groups excluding carboxylic acids is 1. The summed E-state index contributed by atoms with van der Waals surface area (Å²) in [5.74, 6) is -0.949. The summed E-state index contributed by atoms with van der Waals surface area (Å²) in [5, 5.41) is 10.7. The van der Waals surface area contributed by atoms with Crippen molar-refractivity contribution >= 4 is 23.1 Å². The van der Waals surface area contributed by atoms with Gasteiger partial charge in [0.2, 0.25) is 0 Å². The second-order valence-electron chi connectivity index (χ2n) is 3.62. The molecule has 0 fully saturated rings. The molecule has 5 heteroatoms. The van der Waals surface area contributed by atoms with Gasteiger partial charge in [0, 0.05) is 18.8 Å². The molecule has 2 heterocycles. The molecule has 0 saturated heterocycles. The van der Waals surface area contributed by atoms with Crippen molar-refractivity contribution in [3.63, 3.8) is 0 Å². The highest BCUT2D eigenvalue weighted by Crippen LogP contribution is 2.15. The molecule has 0 bridgehead atoms. The smallest absolute Gasteiger partial charge is 0.333 e. The Bertz CT molecular complexity index is 488. The Morgan fingerprint density at radius 1 is 1.47 bits per heavy atom. The summed E-state index contributed by atoms with van der Waals surface area (Å²) in [5.41, 5.74) is 0.298. The van der Waals surface area contributed by atoms with Crippen molar-refractivity contribution in [3.8, 4) is 0 Å². The highest BCUT2D eigenvalue weighted by Gasteiger charge is 2.15. The minimum absolute atomic E-state index is 0.00691. The Morgan fingerprint density at radius 3 is 2.94 bits per heavy atom. The molecule has 1 N–H and O–H groups in total. The molecule has 0 spiro atoms. The zero-order chi connectivity index (χ0) is 12.3. The number of hydrogen-bond acceptors (Lipinski definition) is 4. The molecule has 0 amide bonds. The standard InChI is InChI=1S/C12H11NO3S/c14-10(11-4-2-6-17-11)8-13-5-1-3-9(7-13)12(15)16/h1-2,4-7H,3,8H2,(H,15,16). The number of ketones is 1. The van der Waals surface area contributed by atoms with E-state index in [1.165, 1.54) is 17.5 Å². The molecule has 0 unspecified atom stereocenters. The minimum atomic E-state index is -0.942. The van der Waals surface area contributed by atoms with E-state index in [1.807, 2.05) is 11.4 Å². The summed E-state index contributed by atoms with van der Waals surface area (Å²) < 4.78 is 0. The fourth-order valence-corrected chi connectivity index (χ4v) is 2.19. The third-order valence-corrected chi connectivity index (χ3v) is 3.26. The van der Waals surface area contributed by atoms with Crippen LogP contribution in [-0.4, -0.2) is 28.3 Å². The lowest BCUT2D eigenvalue weighted by Gasteiger charge is -2.18. The number of carboxylic acids is 1. The predicted octanol–water partition coefficient (Wildman–Crippen LogP) is 2.12. The van der Waals surface area contributed by atoms with Crippen LogP contribution in [0.25, 0.3) is 0 Å². The number of allylic oxidation sites excluding steroid dienone is 1. The average molecular weight is 249 g/mol. The van der Waals surface area contributed by atoms with Crippen LogP contribution in [0.1, 0.15) is 16.1 Å². The van der Waals surface area contributed by atoms with Gasteiger partial charge in [-0.25, -0.2) is 4.79 Å². The lowest BCUT2D eigenvalue weighted by molar-refractivity contribution is -0.132. The zero-order valence-corrected chi connectivity index (χ0v) is 9.81. The fourth-order valence-electron chi connectivity index (χ4n) is 1.53. The van der Waals surface area contributed by atoms with Crippen molar-refractivity contribution in [2.45, 2.75) is 6.42 Å². The number of rotatable bonds is 4. The molecule has 0 radical (unpaired) electrons. The molecule has 0 aliphatic carbocycles. The maximum atomic E-state index is 11.8. The van der Waals surface area contributed by atoms with Gasteiger partial charge in [-0.05, 0) is 11.4 Å². The number of thiophene rings is 1. The SMILES string of the molecule is O=C(O)C1=CN(CC(=O)c2cccs2)C=CC1. The van der Waals surface area contributed by atoms with Gasteiger partial charge in [0.1, 0.15) is 0 Å². The largest absolute Gasteiger partial charge is 0.478 e. The zero-order valence-electron chi connectivity index (χ0n) is 9.00. The molecule has 0 saturated carbocycles. The highest BCUT2D eigenvalue weighted by molar-refractivity contribution is 7.12. The molecule has 2 rings (SSSR count). The van der Waals surface area contributed by atoms with Crippen LogP contribution >= 0.6 is 11.3 Å². The summed E-state index contributed by atoms with van der Waals surface area (Å²) in [4.78, 5) is 24.9. The minimum Gasteiger partial charge on any atom is -0.478 e. The summed E-state index contributed by atoms with van der Waals surface area (Å²) in [6.07, 6.45) is 5.38. The van der Waals surface area contributed by atoms with Crippen molar-refractivity contribution in [2.75, 3.05) is 6.54 Å². The van der Waals surface area contributed by atoms with E-state index >= 15 is 0 Å². The maximum absolute atomic E-state index is 11.8. The van der Waals surface area contributed by atoms with Crippen LogP contribution in [0.3, 0.4) is 0 Å². The lowest BCUT2D eigenvalue weighted by atomic mass is 10.1. The number of carbonyl (C=O) groups is 2. The van der Waals surface area contributed by atoms with Gasteiger partial charge in [0.15, 0.2) is 5.78 Å². The van der Waals surface area contributed by atoms with Gasteiger partial charge in [-0.1, -0.05) is 12.1 Å². The molecule has 0 atom stereocenters. The number of Topliss-reactive ketones (excluding diaryl/α,β-unsaturated/α-hetero) is 1. The van der Waals surface area contributed by atoms with Crippen LogP contribution in [-0.2, 0) is 4.79 Å². The van der Waals surface area contributed by atoms with Gasteiger partial charge in [-0.15, -0.1) is 11.3 Å². The van der Waals surface area contributed by atoms with Crippen LogP contribution in [0.15, 0.2) is 41.6 Å². The predicted molar refractivity (Wildman–Crippen MR) is 64.8 cm³/mol. The first-order chi connectivity index (χ1) is 8.16. The molecule has 1 aromatic heterocycles. The van der Waals surface area contributed by atoms with Crippen LogP contribution in [0.5, 0.6) is 0 Å². The monoisotopic (exact) mass is 249 g/mol. The van der Waals surface area contributed by atoms with Gasteiger partial charge < -0.3 is 10.0 Å². The van der Waals surface area contributed by atoms with Gasteiger partial charge in [-0.2, -0.15) is 0 Å². The van der Waals surface area contributed by atoms with E-state index in [9.17, 15) is 9.59 Å². The van der Waals surface area contributed by atoms with Gasteiger partial charge in [0.25, 0.3) is 0 Å². The Kier molecular flexibility index (Phi) is 3.39. The quantitative estimate of drug-likeness (QED) is 0.830. The molecular formula is C12H11NO3S. The topological polar surface area (TPSA) is 57.6 Å². The first-order valence-corrected chi connectivity index (χ1v) is 5.98. The normalized spacial score (nSPS) is 14.6. The van der Waals surface area contributed by atoms with E-state index in [0.717, 1.165) is 0 Å². The second kappa shape index (κ2) is 4.97. The third kappa shape index (κ3) is 2.82. The Labute approximate surface area is 102 Å². The van der Waals surface area contributed by atoms with Crippen molar-refractivity contribution in [1.82, 2.24) is 4.90 Å². The Hall–Kier alpha value is -1.88. The van der Waals surface area contributed by atoms with Crippen molar-refractivity contribution in [2.24, 2.45) is 0 Å². The van der Waals surface area contributed by atoms with Gasteiger partial charge in [0.05, 0.1) is 17.0 Å². The van der Waals surface area contributed by atoms with Crippen LogP contribution in [0.4, 0.5) is 0 Å². The average Bonchev–Trinajstić information content (AvgIpc) is 2.82. The summed E-state index contributed by atoms with van der Waals surface area (Å²) in [7, 11) is 0. The van der Waals surface area contributed by atoms with E-state index in [2.05, 4.69) is 0 Å². The van der Waals surface area contributed by atoms with Gasteiger partial charge in [-0.3, -0.25) is 4.79 Å². The number of hydrogen-bond donors (Lipinski definition) is 1. The fraction of sp³-hybridized carbons (Fsp3) is 0.167. The van der Waals surface area contributed by atoms with Crippen LogP contribution < -0.4 is 0 Å². The third-order valence-electron chi connectivity index (χ3n) is 2.35. The summed E-state index contributed by atoms with van der Waals surface area (Å²) in [6.45, 7) is 0.174. The summed E-state index contributed by atoms with van der Waals surface area (Å²) >= 11 is 1.39. The van der Waals surface area contributed by atoms with Crippen LogP contribution in [0, 0.1) is 0 Å². The first kappa shape index (κ1) is 11.6. The van der Waals surface area contributed by atoms with E-state index in [4.69, 9.17) is 5.11 Å². The first-order valence-electron chi connectivity index (χ1n) is 5.10. The van der Waals surface area contributed by atoms with Crippen molar-refractivity contribution < 1.29 is 14.7 Å². The molecule has 1 aliphatic heterocycles. The van der Waals surface area contributed by atoms with E-state index in [1.54, 1.807) is 23.2 Å². The molecular weight excluding hydrogens is 238 g/mol. The molecule has 1 aromatic rings. The number of aliphatic carboxylic acids is 1. The number of carboxylic acid groups (broad SMARTS) is 1. The Morgan fingerprint density at radius 2 is 2.29 bits per heavy atom. The van der Waals surface area contributed by atoms with Crippen molar-refractivity contribution in [3.05, 3.63) is 46.4 Å². The highest BCUT2D eigenvalue weighted by atomic mass is 32.1. The van der Waals surface area contributed by atoms with E-state index in [0.29, 0.717) is 16.9 Å². The Balaban J connectivity index is 2.04.